The van der Waals surface area contributed by atoms with Crippen molar-refractivity contribution in [1.82, 2.24) is 0 Å². The molecule has 0 N–H and O–H groups in total. The molecule has 4 heteroatoms. The average molecular weight is 210 g/mol. The number of unbranched alkanes of at least 4 members (excludes halogenated alkanes) is 1. The summed E-state index contributed by atoms with van der Waals surface area (Å²) in [4.78, 5) is 11.7. The van der Waals surface area contributed by atoms with Crippen molar-refractivity contribution in [2.24, 2.45) is 5.92 Å². The van der Waals surface area contributed by atoms with E-state index >= 15 is 0 Å². The highest BCUT2D eigenvalue weighted by Gasteiger charge is 2.42. The minimum atomic E-state index is -0.267. The summed E-state index contributed by atoms with van der Waals surface area (Å²) < 4.78 is 11.1. The van der Waals surface area contributed by atoms with Crippen molar-refractivity contribution >= 4 is 13.1 Å². The Morgan fingerprint density at radius 2 is 2.20 bits per heavy atom. The lowest BCUT2D eigenvalue weighted by Gasteiger charge is -2.36. The largest absolute Gasteiger partial charge is 0.527 e. The first-order valence-corrected chi connectivity index (χ1v) is 6.17. The van der Waals surface area contributed by atoms with Crippen molar-refractivity contribution in [3.8, 4) is 0 Å². The van der Waals surface area contributed by atoms with Crippen LogP contribution in [0.5, 0.6) is 0 Å². The number of carbonyl (C=O) groups is 1. The number of hydrogen-bond donors (Lipinski definition) is 0. The van der Waals surface area contributed by atoms with Crippen molar-refractivity contribution in [3.05, 3.63) is 0 Å². The van der Waals surface area contributed by atoms with E-state index in [1.807, 2.05) is 0 Å². The Morgan fingerprint density at radius 1 is 1.40 bits per heavy atom. The third-order valence-corrected chi connectivity index (χ3v) is 3.37. The van der Waals surface area contributed by atoms with Crippen LogP contribution in [0.2, 0.25) is 6.32 Å². The van der Waals surface area contributed by atoms with Crippen LogP contribution in [0.25, 0.3) is 0 Å². The van der Waals surface area contributed by atoms with Gasteiger partial charge in [-0.2, -0.15) is 0 Å². The second-order valence-electron chi connectivity index (χ2n) is 4.57. The van der Waals surface area contributed by atoms with Gasteiger partial charge in [-0.1, -0.05) is 32.6 Å². The van der Waals surface area contributed by atoms with Gasteiger partial charge in [-0.3, -0.25) is 4.79 Å². The van der Waals surface area contributed by atoms with Gasteiger partial charge in [0.25, 0.3) is 5.97 Å². The first kappa shape index (κ1) is 11.0. The second-order valence-corrected chi connectivity index (χ2v) is 4.57. The molecule has 3 nitrogen and oxygen atoms in total. The Hall–Kier alpha value is -0.505. The van der Waals surface area contributed by atoms with E-state index in [1.165, 1.54) is 6.42 Å². The van der Waals surface area contributed by atoms with Crippen LogP contribution >= 0.6 is 0 Å². The summed E-state index contributed by atoms with van der Waals surface area (Å²) in [6, 6.07) is 0. The first-order valence-electron chi connectivity index (χ1n) is 6.17. The van der Waals surface area contributed by atoms with E-state index in [4.69, 9.17) is 9.31 Å². The number of fused-ring (bicyclic) bond motifs is 1. The molecule has 0 bridgehead atoms. The Labute approximate surface area is 91.7 Å². The summed E-state index contributed by atoms with van der Waals surface area (Å²) in [6.45, 7) is 2.13. The predicted octanol–water partition coefficient (Wildman–Crippen LogP) is 2.41. The Morgan fingerprint density at radius 3 is 3.00 bits per heavy atom. The van der Waals surface area contributed by atoms with Crippen molar-refractivity contribution in [1.29, 1.82) is 0 Å². The maximum atomic E-state index is 11.7. The fourth-order valence-electron chi connectivity index (χ4n) is 2.47. The minimum Gasteiger partial charge on any atom is -0.509 e. The topological polar surface area (TPSA) is 35.5 Å². The highest BCUT2D eigenvalue weighted by molar-refractivity contribution is 6.47. The molecular formula is C11H19BO3. The molecule has 84 valence electrons. The van der Waals surface area contributed by atoms with Gasteiger partial charge in [0.05, 0.1) is 12.0 Å². The van der Waals surface area contributed by atoms with Gasteiger partial charge in [0.1, 0.15) is 0 Å². The van der Waals surface area contributed by atoms with E-state index < -0.39 is 0 Å². The van der Waals surface area contributed by atoms with Crippen LogP contribution < -0.4 is 0 Å². The van der Waals surface area contributed by atoms with E-state index in [0.29, 0.717) is 0 Å². The summed E-state index contributed by atoms with van der Waals surface area (Å²) in [7, 11) is -0.267. The Balaban J connectivity index is 1.90. The van der Waals surface area contributed by atoms with Crippen LogP contribution in [0, 0.1) is 5.92 Å². The van der Waals surface area contributed by atoms with E-state index in [1.54, 1.807) is 0 Å². The SMILES string of the molecule is CCCCB1OC(=O)[C@H]2CCCC[C@@H]2O1. The number of hydrogen-bond acceptors (Lipinski definition) is 3. The quantitative estimate of drug-likeness (QED) is 0.671. The van der Waals surface area contributed by atoms with Gasteiger partial charge in [0, 0.05) is 0 Å². The number of rotatable bonds is 3. The van der Waals surface area contributed by atoms with Crippen molar-refractivity contribution in [2.75, 3.05) is 0 Å². The van der Waals surface area contributed by atoms with E-state index in [9.17, 15) is 4.79 Å². The van der Waals surface area contributed by atoms with E-state index in [0.717, 1.165) is 38.4 Å². The maximum absolute atomic E-state index is 11.7. The molecule has 0 aromatic rings. The maximum Gasteiger partial charge on any atom is 0.527 e. The third-order valence-electron chi connectivity index (χ3n) is 3.37. The Kier molecular flexibility index (Phi) is 3.68. The smallest absolute Gasteiger partial charge is 0.509 e. The lowest BCUT2D eigenvalue weighted by atomic mass is 9.76. The van der Waals surface area contributed by atoms with Crippen molar-refractivity contribution in [3.63, 3.8) is 0 Å². The Bertz CT molecular complexity index is 232. The highest BCUT2D eigenvalue weighted by Crippen LogP contribution is 2.32. The third kappa shape index (κ3) is 2.54. The van der Waals surface area contributed by atoms with Crippen molar-refractivity contribution in [2.45, 2.75) is 57.9 Å². The fourth-order valence-corrected chi connectivity index (χ4v) is 2.47. The molecule has 2 atom stereocenters. The molecule has 2 fully saturated rings. The zero-order chi connectivity index (χ0) is 10.7. The molecule has 0 radical (unpaired) electrons. The summed E-state index contributed by atoms with van der Waals surface area (Å²) in [5.41, 5.74) is 0. The molecule has 1 saturated heterocycles. The van der Waals surface area contributed by atoms with Gasteiger partial charge >= 0.3 is 7.12 Å². The van der Waals surface area contributed by atoms with Crippen LogP contribution in [-0.2, 0) is 14.1 Å². The van der Waals surface area contributed by atoms with Crippen molar-refractivity contribution < 1.29 is 14.1 Å². The van der Waals surface area contributed by atoms with Gasteiger partial charge in [0.15, 0.2) is 0 Å². The van der Waals surface area contributed by atoms with Crippen LogP contribution in [0.15, 0.2) is 0 Å². The molecule has 2 rings (SSSR count). The molecule has 0 unspecified atom stereocenters. The molecule has 1 aliphatic heterocycles. The van der Waals surface area contributed by atoms with Crippen LogP contribution in [-0.4, -0.2) is 19.2 Å². The van der Waals surface area contributed by atoms with E-state index in [-0.39, 0.29) is 25.1 Å². The van der Waals surface area contributed by atoms with Gasteiger partial charge in [-0.15, -0.1) is 0 Å². The van der Waals surface area contributed by atoms with Crippen LogP contribution in [0.4, 0.5) is 0 Å². The number of carbonyl (C=O) groups excluding carboxylic acids is 1. The average Bonchev–Trinajstić information content (AvgIpc) is 2.26. The first-order chi connectivity index (χ1) is 7.31. The van der Waals surface area contributed by atoms with Gasteiger partial charge in [-0.05, 0) is 19.2 Å². The van der Waals surface area contributed by atoms with Gasteiger partial charge in [-0.25, -0.2) is 0 Å². The zero-order valence-corrected chi connectivity index (χ0v) is 9.41. The molecule has 0 aromatic heterocycles. The molecule has 0 spiro atoms. The summed E-state index contributed by atoms with van der Waals surface area (Å²) in [6.07, 6.45) is 7.48. The second kappa shape index (κ2) is 5.02. The molecule has 1 aliphatic carbocycles. The highest BCUT2D eigenvalue weighted by atomic mass is 16.6. The lowest BCUT2D eigenvalue weighted by Crippen LogP contribution is -2.47. The van der Waals surface area contributed by atoms with Crippen LogP contribution in [0.3, 0.4) is 0 Å². The van der Waals surface area contributed by atoms with E-state index in [2.05, 4.69) is 6.92 Å². The fraction of sp³-hybridized carbons (Fsp3) is 0.909. The van der Waals surface area contributed by atoms with Gasteiger partial charge < -0.3 is 9.31 Å². The molecule has 0 amide bonds. The minimum absolute atomic E-state index is 0.0212. The lowest BCUT2D eigenvalue weighted by molar-refractivity contribution is -0.152. The molecular weight excluding hydrogens is 191 g/mol. The monoisotopic (exact) mass is 210 g/mol. The zero-order valence-electron chi connectivity index (χ0n) is 9.41. The summed E-state index contributed by atoms with van der Waals surface area (Å²) >= 11 is 0. The predicted molar refractivity (Wildman–Crippen MR) is 58.4 cm³/mol. The van der Waals surface area contributed by atoms with Crippen LogP contribution in [0.1, 0.15) is 45.4 Å². The normalized spacial score (nSPS) is 31.0. The molecule has 15 heavy (non-hydrogen) atoms. The summed E-state index contributed by atoms with van der Waals surface area (Å²) in [5, 5.41) is 0. The molecule has 1 heterocycles. The summed E-state index contributed by atoms with van der Waals surface area (Å²) in [5.74, 6) is 0.00341. The molecule has 0 aromatic carbocycles. The van der Waals surface area contributed by atoms with Gasteiger partial charge in [0.2, 0.25) is 0 Å². The molecule has 2 aliphatic rings. The molecule has 1 saturated carbocycles. The standard InChI is InChI=1S/C11H19BO3/c1-2-3-8-12-14-10-7-5-4-6-9(10)11(13)15-12/h9-10H,2-8H2,1H3/t9-,10-/m0/s1.